The number of amides is 1. The number of piperidine rings is 1. The van der Waals surface area contributed by atoms with Crippen LogP contribution < -0.4 is 11.1 Å². The molecule has 140 valence electrons. The fraction of sp³-hybridized carbons (Fsp3) is 0.500. The van der Waals surface area contributed by atoms with Crippen LogP contribution in [0.3, 0.4) is 0 Å². The van der Waals surface area contributed by atoms with Gasteiger partial charge in [0.25, 0.3) is 5.91 Å². The average Bonchev–Trinajstić information content (AvgIpc) is 2.51. The number of likely N-dealkylation sites (tertiary alicyclic amines) is 1. The van der Waals surface area contributed by atoms with Gasteiger partial charge in [-0.1, -0.05) is 29.8 Å². The first kappa shape index (κ1) is 20.3. The van der Waals surface area contributed by atoms with Crippen LogP contribution in [0.25, 0.3) is 0 Å². The molecule has 1 saturated heterocycles. The Hall–Kier alpha value is -2.03. The van der Waals surface area contributed by atoms with E-state index in [9.17, 15) is 10.1 Å². The number of rotatable bonds is 4. The molecule has 0 aliphatic carbocycles. The lowest BCUT2D eigenvalue weighted by atomic mass is 9.77. The molecule has 0 unspecified atom stereocenters. The molecule has 1 amide bonds. The standard InChI is InChI=1S/C20H27ClN4O/c1-19(2)9-16(23)10-20(3,4)25(19)13-15(11-22)18(26)24-12-14-7-5-6-8-17(14)21/h5-8,13,16H,9-10,12,23H2,1-4H3,(H,24,26)/b15-13-. The quantitative estimate of drug-likeness (QED) is 0.625. The van der Waals surface area contributed by atoms with E-state index in [1.165, 1.54) is 0 Å². The van der Waals surface area contributed by atoms with Crippen LogP contribution in [0.15, 0.2) is 36.0 Å². The van der Waals surface area contributed by atoms with Crippen molar-refractivity contribution in [2.45, 2.75) is 64.2 Å². The highest BCUT2D eigenvalue weighted by atomic mass is 35.5. The monoisotopic (exact) mass is 374 g/mol. The lowest BCUT2D eigenvalue weighted by Crippen LogP contribution is -2.61. The third-order valence-corrected chi connectivity index (χ3v) is 5.22. The van der Waals surface area contributed by atoms with Crippen LogP contribution in [-0.2, 0) is 11.3 Å². The summed E-state index contributed by atoms with van der Waals surface area (Å²) in [7, 11) is 0. The smallest absolute Gasteiger partial charge is 0.263 e. The maximum Gasteiger partial charge on any atom is 0.263 e. The molecule has 1 aliphatic heterocycles. The first-order chi connectivity index (χ1) is 12.1. The largest absolute Gasteiger partial charge is 0.366 e. The van der Waals surface area contributed by atoms with Gasteiger partial charge in [-0.15, -0.1) is 0 Å². The van der Waals surface area contributed by atoms with Gasteiger partial charge in [0.15, 0.2) is 0 Å². The summed E-state index contributed by atoms with van der Waals surface area (Å²) in [6.45, 7) is 8.61. The van der Waals surface area contributed by atoms with Gasteiger partial charge in [-0.25, -0.2) is 0 Å². The minimum absolute atomic E-state index is 0.0775. The van der Waals surface area contributed by atoms with E-state index in [0.717, 1.165) is 18.4 Å². The zero-order valence-corrected chi connectivity index (χ0v) is 16.6. The SMILES string of the molecule is CC1(C)CC(N)CC(C)(C)N1/C=C(/C#N)C(=O)NCc1ccccc1Cl. The maximum absolute atomic E-state index is 12.5. The first-order valence-electron chi connectivity index (χ1n) is 8.75. The Morgan fingerprint density at radius 3 is 2.46 bits per heavy atom. The van der Waals surface area contributed by atoms with Gasteiger partial charge in [-0.2, -0.15) is 5.26 Å². The molecule has 2 rings (SSSR count). The highest BCUT2D eigenvalue weighted by Gasteiger charge is 2.43. The summed E-state index contributed by atoms with van der Waals surface area (Å²) in [5.41, 5.74) is 6.59. The average molecular weight is 375 g/mol. The third kappa shape index (κ3) is 4.57. The Kier molecular flexibility index (Phi) is 6.00. The molecule has 5 nitrogen and oxygen atoms in total. The Labute approximate surface area is 160 Å². The second-order valence-electron chi connectivity index (χ2n) is 8.09. The zero-order valence-electron chi connectivity index (χ0n) is 15.8. The fourth-order valence-electron chi connectivity index (χ4n) is 3.90. The molecule has 0 saturated carbocycles. The molecule has 1 aromatic rings. The summed E-state index contributed by atoms with van der Waals surface area (Å²) in [5.74, 6) is -0.408. The van der Waals surface area contributed by atoms with E-state index in [1.54, 1.807) is 12.3 Å². The summed E-state index contributed by atoms with van der Waals surface area (Å²) >= 11 is 6.11. The summed E-state index contributed by atoms with van der Waals surface area (Å²) in [6.07, 6.45) is 3.27. The molecule has 1 aliphatic rings. The van der Waals surface area contributed by atoms with Crippen molar-refractivity contribution >= 4 is 17.5 Å². The lowest BCUT2D eigenvalue weighted by molar-refractivity contribution is -0.117. The molecule has 0 bridgehead atoms. The summed E-state index contributed by atoms with van der Waals surface area (Å²) < 4.78 is 0. The fourth-order valence-corrected chi connectivity index (χ4v) is 4.10. The van der Waals surface area contributed by atoms with Crippen LogP contribution in [0.2, 0.25) is 5.02 Å². The van der Waals surface area contributed by atoms with Gasteiger partial charge >= 0.3 is 0 Å². The number of nitriles is 1. The first-order valence-corrected chi connectivity index (χ1v) is 9.13. The van der Waals surface area contributed by atoms with E-state index in [4.69, 9.17) is 17.3 Å². The van der Waals surface area contributed by atoms with Crippen LogP contribution >= 0.6 is 11.6 Å². The van der Waals surface area contributed by atoms with Crippen LogP contribution in [0, 0.1) is 11.3 Å². The van der Waals surface area contributed by atoms with Crippen LogP contribution in [0.4, 0.5) is 0 Å². The van der Waals surface area contributed by atoms with Crippen molar-refractivity contribution in [3.8, 4) is 6.07 Å². The number of hydrogen-bond acceptors (Lipinski definition) is 4. The molecule has 6 heteroatoms. The molecule has 0 radical (unpaired) electrons. The number of nitrogens with zero attached hydrogens (tertiary/aromatic N) is 2. The van der Waals surface area contributed by atoms with Gasteiger partial charge in [0, 0.05) is 34.9 Å². The predicted octanol–water partition coefficient (Wildman–Crippen LogP) is 3.34. The van der Waals surface area contributed by atoms with E-state index in [2.05, 4.69) is 37.9 Å². The number of halogens is 1. The second-order valence-corrected chi connectivity index (χ2v) is 8.50. The van der Waals surface area contributed by atoms with E-state index in [-0.39, 0.29) is 29.2 Å². The van der Waals surface area contributed by atoms with E-state index in [0.29, 0.717) is 5.02 Å². The van der Waals surface area contributed by atoms with Gasteiger partial charge in [-0.05, 0) is 52.2 Å². The van der Waals surface area contributed by atoms with Crippen molar-refractivity contribution < 1.29 is 4.79 Å². The van der Waals surface area contributed by atoms with Crippen molar-refractivity contribution in [3.63, 3.8) is 0 Å². The molecule has 1 heterocycles. The number of nitrogens with two attached hydrogens (primary N) is 1. The normalized spacial score (nSPS) is 19.7. The highest BCUT2D eigenvalue weighted by Crippen LogP contribution is 2.38. The summed E-state index contributed by atoms with van der Waals surface area (Å²) in [4.78, 5) is 14.6. The Morgan fingerprint density at radius 1 is 1.35 bits per heavy atom. The van der Waals surface area contributed by atoms with Crippen molar-refractivity contribution in [1.82, 2.24) is 10.2 Å². The Balaban J connectivity index is 2.19. The number of carbonyl (C=O) groups is 1. The number of hydrogen-bond donors (Lipinski definition) is 2. The number of benzene rings is 1. The zero-order chi connectivity index (χ0) is 19.5. The molecule has 0 atom stereocenters. The van der Waals surface area contributed by atoms with E-state index >= 15 is 0 Å². The summed E-state index contributed by atoms with van der Waals surface area (Å²) in [6, 6.07) is 9.44. The van der Waals surface area contributed by atoms with E-state index < -0.39 is 5.91 Å². The predicted molar refractivity (Wildman–Crippen MR) is 104 cm³/mol. The number of nitrogens with one attached hydrogen (secondary N) is 1. The van der Waals surface area contributed by atoms with Gasteiger partial charge in [-0.3, -0.25) is 4.79 Å². The Morgan fingerprint density at radius 2 is 1.92 bits per heavy atom. The van der Waals surface area contributed by atoms with Gasteiger partial charge in [0.1, 0.15) is 11.6 Å². The van der Waals surface area contributed by atoms with Crippen molar-refractivity contribution in [2.75, 3.05) is 0 Å². The van der Waals surface area contributed by atoms with E-state index in [1.807, 2.05) is 24.3 Å². The van der Waals surface area contributed by atoms with Crippen molar-refractivity contribution in [1.29, 1.82) is 5.26 Å². The molecule has 0 aromatic heterocycles. The van der Waals surface area contributed by atoms with Crippen molar-refractivity contribution in [3.05, 3.63) is 46.6 Å². The molecule has 3 N–H and O–H groups in total. The molecule has 1 fully saturated rings. The lowest BCUT2D eigenvalue weighted by Gasteiger charge is -2.54. The van der Waals surface area contributed by atoms with Gasteiger partial charge in [0.05, 0.1) is 0 Å². The minimum atomic E-state index is -0.408. The van der Waals surface area contributed by atoms with Crippen LogP contribution in [0.5, 0.6) is 0 Å². The van der Waals surface area contributed by atoms with Gasteiger partial charge < -0.3 is 16.0 Å². The molecular weight excluding hydrogens is 348 g/mol. The molecular formula is C20H27ClN4O. The topological polar surface area (TPSA) is 82.2 Å². The minimum Gasteiger partial charge on any atom is -0.366 e. The molecule has 1 aromatic carbocycles. The number of carbonyl (C=O) groups excluding carboxylic acids is 1. The van der Waals surface area contributed by atoms with Crippen molar-refractivity contribution in [2.24, 2.45) is 5.73 Å². The Bertz CT molecular complexity index is 730. The third-order valence-electron chi connectivity index (χ3n) is 4.85. The van der Waals surface area contributed by atoms with Gasteiger partial charge in [0.2, 0.25) is 0 Å². The highest BCUT2D eigenvalue weighted by molar-refractivity contribution is 6.31. The van der Waals surface area contributed by atoms with Crippen LogP contribution in [-0.4, -0.2) is 27.9 Å². The maximum atomic E-state index is 12.5. The molecule has 0 spiro atoms. The molecule has 26 heavy (non-hydrogen) atoms. The van der Waals surface area contributed by atoms with Crippen LogP contribution in [0.1, 0.15) is 46.1 Å². The summed E-state index contributed by atoms with van der Waals surface area (Å²) in [5, 5.41) is 12.9. The second kappa shape index (κ2) is 7.69.